The molecule has 21 valence electrons. The maximum atomic E-state index is 8.25. The van der Waals surface area contributed by atoms with Crippen LogP contribution in [-0.4, -0.2) is 36.2 Å². The SMILES string of the molecule is [AlH3].[La].[LiH].[O]=[Ti]. The predicted molar refractivity (Wildman–Crippen MR) is 17.8 cm³/mol. The van der Waals surface area contributed by atoms with Crippen molar-refractivity contribution in [2.45, 2.75) is 0 Å². The molecule has 5 heteroatoms. The third-order valence-corrected chi connectivity index (χ3v) is 0. The Labute approximate surface area is 93.7 Å². The van der Waals surface area contributed by atoms with Gasteiger partial charge in [0.05, 0.1) is 0 Å². The van der Waals surface area contributed by atoms with E-state index in [1.165, 1.54) is 0 Å². The first-order valence-electron chi connectivity index (χ1n) is 0.204. The molecule has 0 amide bonds. The average Bonchev–Trinajstić information content (AvgIpc) is 1.00. The molecule has 0 aromatic heterocycles. The summed E-state index contributed by atoms with van der Waals surface area (Å²) in [6, 6.07) is 0. The van der Waals surface area contributed by atoms with E-state index < -0.39 is 0 Å². The molecular weight excluding hydrogens is 237 g/mol. The molecule has 0 aromatic rings. The Balaban J connectivity index is -0.00000000167. The van der Waals surface area contributed by atoms with Crippen LogP contribution in [0.15, 0.2) is 0 Å². The molecule has 0 N–H and O–H groups in total. The van der Waals surface area contributed by atoms with Crippen LogP contribution in [0.5, 0.6) is 0 Å². The topological polar surface area (TPSA) is 17.1 Å². The Bertz CT molecular complexity index is 11.6. The van der Waals surface area contributed by atoms with Gasteiger partial charge >= 0.3 is 42.6 Å². The summed E-state index contributed by atoms with van der Waals surface area (Å²) in [5.74, 6) is 0. The van der Waals surface area contributed by atoms with Gasteiger partial charge in [-0.1, -0.05) is 0 Å². The summed E-state index contributed by atoms with van der Waals surface area (Å²) < 4.78 is 8.25. The van der Waals surface area contributed by atoms with Crippen LogP contribution in [0.3, 0.4) is 0 Å². The summed E-state index contributed by atoms with van der Waals surface area (Å²) in [4.78, 5) is 0. The molecule has 0 bridgehead atoms. The molecule has 0 aliphatic rings. The van der Waals surface area contributed by atoms with Gasteiger partial charge in [-0.25, -0.2) is 0 Å². The predicted octanol–water partition coefficient (Wildman–Crippen LogP) is -1.95. The summed E-state index contributed by atoms with van der Waals surface area (Å²) in [5.41, 5.74) is 0. The van der Waals surface area contributed by atoms with Crippen molar-refractivity contribution < 1.29 is 59.3 Å². The molecule has 0 heterocycles. The molecular formula is H4AlLaLiOTi. The molecule has 1 nitrogen and oxygen atoms in total. The first kappa shape index (κ1) is 24.9. The van der Waals surface area contributed by atoms with E-state index in [1.807, 2.05) is 0 Å². The Morgan fingerprint density at radius 1 is 1.20 bits per heavy atom. The van der Waals surface area contributed by atoms with E-state index in [1.54, 1.807) is 0 Å². The minimum absolute atomic E-state index is 0. The van der Waals surface area contributed by atoms with Crippen molar-refractivity contribution in [2.24, 2.45) is 0 Å². The zero-order chi connectivity index (χ0) is 2.00. The second kappa shape index (κ2) is 28.9. The summed E-state index contributed by atoms with van der Waals surface area (Å²) in [6.45, 7) is 0. The molecule has 0 saturated carbocycles. The van der Waals surface area contributed by atoms with Gasteiger partial charge in [-0.15, -0.1) is 0 Å². The van der Waals surface area contributed by atoms with Gasteiger partial charge in [0.1, 0.15) is 0 Å². The van der Waals surface area contributed by atoms with Gasteiger partial charge in [-0.2, -0.15) is 0 Å². The molecule has 1 radical (unpaired) electrons. The third kappa shape index (κ3) is 19.9. The van der Waals surface area contributed by atoms with Crippen LogP contribution in [0.2, 0.25) is 0 Å². The van der Waals surface area contributed by atoms with E-state index in [-0.39, 0.29) is 71.8 Å². The Morgan fingerprint density at radius 3 is 1.20 bits per heavy atom. The molecule has 0 atom stereocenters. The third-order valence-electron chi connectivity index (χ3n) is 0. The van der Waals surface area contributed by atoms with E-state index in [0.717, 1.165) is 20.4 Å². The number of hydrogen-bond acceptors (Lipinski definition) is 1. The fourth-order valence-corrected chi connectivity index (χ4v) is 0. The van der Waals surface area contributed by atoms with Crippen molar-refractivity contribution in [1.29, 1.82) is 0 Å². The second-order valence-electron chi connectivity index (χ2n) is 0. The molecule has 0 rings (SSSR count). The molecule has 0 aliphatic heterocycles. The second-order valence-corrected chi connectivity index (χ2v) is 0. The van der Waals surface area contributed by atoms with Crippen molar-refractivity contribution in [3.63, 3.8) is 0 Å². The van der Waals surface area contributed by atoms with Crippen LogP contribution in [-0.2, 0) is 23.7 Å². The van der Waals surface area contributed by atoms with Crippen LogP contribution in [0.1, 0.15) is 0 Å². The van der Waals surface area contributed by atoms with E-state index >= 15 is 0 Å². The summed E-state index contributed by atoms with van der Waals surface area (Å²) in [7, 11) is 0. The zero-order valence-electron chi connectivity index (χ0n) is 1.49. The van der Waals surface area contributed by atoms with Gasteiger partial charge in [0.25, 0.3) is 0 Å². The van der Waals surface area contributed by atoms with Crippen molar-refractivity contribution in [1.82, 2.24) is 0 Å². The normalized spacial score (nSPS) is 0.600. The van der Waals surface area contributed by atoms with Gasteiger partial charge in [-0.3, -0.25) is 0 Å². The Morgan fingerprint density at radius 2 is 1.20 bits per heavy atom. The van der Waals surface area contributed by atoms with E-state index in [4.69, 9.17) is 3.32 Å². The Hall–Kier alpha value is 2.84. The summed E-state index contributed by atoms with van der Waals surface area (Å²) in [6.07, 6.45) is 0. The van der Waals surface area contributed by atoms with Crippen LogP contribution in [0, 0.1) is 35.6 Å². The molecule has 0 saturated heterocycles. The average molecular weight is 241 g/mol. The van der Waals surface area contributed by atoms with Crippen molar-refractivity contribution in [2.75, 3.05) is 0 Å². The van der Waals surface area contributed by atoms with Gasteiger partial charge in [0.2, 0.25) is 0 Å². The minimum atomic E-state index is 0. The number of hydrogen-bond donors (Lipinski definition) is 0. The van der Waals surface area contributed by atoms with E-state index in [2.05, 4.69) is 0 Å². The van der Waals surface area contributed by atoms with Crippen molar-refractivity contribution >= 4 is 36.2 Å². The molecule has 0 spiro atoms. The van der Waals surface area contributed by atoms with Crippen molar-refractivity contribution in [3.8, 4) is 0 Å². The van der Waals surface area contributed by atoms with Crippen LogP contribution < -0.4 is 0 Å². The zero-order valence-corrected chi connectivity index (χ0v) is 6.67. The van der Waals surface area contributed by atoms with Crippen LogP contribution in [0.25, 0.3) is 0 Å². The van der Waals surface area contributed by atoms with Gasteiger partial charge in [0, 0.05) is 35.6 Å². The molecule has 0 aliphatic carbocycles. The maximum absolute atomic E-state index is 8.25. The summed E-state index contributed by atoms with van der Waals surface area (Å²) in [5, 5.41) is 0. The molecule has 5 heavy (non-hydrogen) atoms. The van der Waals surface area contributed by atoms with Gasteiger partial charge < -0.3 is 0 Å². The Kier molecular flexibility index (Phi) is 144. The van der Waals surface area contributed by atoms with Crippen LogP contribution in [0.4, 0.5) is 0 Å². The van der Waals surface area contributed by atoms with Crippen LogP contribution >= 0.6 is 0 Å². The monoisotopic (exact) mass is 241 g/mol. The quantitative estimate of drug-likeness (QED) is 0.450. The molecule has 0 aromatic carbocycles. The first-order chi connectivity index (χ1) is 1.00. The first-order valence-corrected chi connectivity index (χ1v) is 0.842. The fraction of sp³-hybridized carbons (Fsp3) is 0. The summed E-state index contributed by atoms with van der Waals surface area (Å²) >= 11 is 0.750. The van der Waals surface area contributed by atoms with Gasteiger partial charge in [0.15, 0.2) is 17.4 Å². The number of rotatable bonds is 0. The molecule has 0 fully saturated rings. The van der Waals surface area contributed by atoms with E-state index in [0.29, 0.717) is 0 Å². The van der Waals surface area contributed by atoms with Crippen molar-refractivity contribution in [3.05, 3.63) is 0 Å². The fourth-order valence-electron chi connectivity index (χ4n) is 0. The molecule has 0 unspecified atom stereocenters. The van der Waals surface area contributed by atoms with Gasteiger partial charge in [-0.05, 0) is 0 Å². The van der Waals surface area contributed by atoms with E-state index in [9.17, 15) is 0 Å². The standard InChI is InChI=1S/Al.La.Li.O.Ti.4H.